The summed E-state index contributed by atoms with van der Waals surface area (Å²) in [5.74, 6) is -1.16. The molecule has 2 fully saturated rings. The number of aryl methyl sites for hydroxylation is 1. The summed E-state index contributed by atoms with van der Waals surface area (Å²) in [7, 11) is 0. The fourth-order valence-corrected chi connectivity index (χ4v) is 8.69. The summed E-state index contributed by atoms with van der Waals surface area (Å²) < 4.78 is 6.12. The van der Waals surface area contributed by atoms with Gasteiger partial charge < -0.3 is 20.3 Å². The predicted molar refractivity (Wildman–Crippen MR) is 220 cm³/mol. The number of piperidine rings is 1. The third kappa shape index (κ3) is 8.24. The fourth-order valence-electron chi connectivity index (χ4n) is 7.84. The number of carbonyl (C=O) groups excluding carboxylic acids is 6. The molecule has 13 nitrogen and oxygen atoms in total. The topological polar surface area (TPSA) is 167 Å². The van der Waals surface area contributed by atoms with Gasteiger partial charge in [0, 0.05) is 47.2 Å². The summed E-state index contributed by atoms with van der Waals surface area (Å²) in [6.45, 7) is 8.13. The molecule has 14 heteroatoms. The van der Waals surface area contributed by atoms with Crippen molar-refractivity contribution < 1.29 is 33.5 Å². The van der Waals surface area contributed by atoms with Gasteiger partial charge in [-0.1, -0.05) is 32.0 Å². The average molecular weight is 803 g/mol. The lowest BCUT2D eigenvalue weighted by atomic mass is 9.86. The number of fused-ring (bicyclic) bond motifs is 2. The van der Waals surface area contributed by atoms with Crippen molar-refractivity contribution in [3.63, 3.8) is 0 Å². The molecule has 3 aliphatic heterocycles. The van der Waals surface area contributed by atoms with Gasteiger partial charge in [0.15, 0.2) is 5.13 Å². The van der Waals surface area contributed by atoms with Crippen LogP contribution in [-0.2, 0) is 32.0 Å². The van der Waals surface area contributed by atoms with E-state index >= 15 is 0 Å². The van der Waals surface area contributed by atoms with Crippen LogP contribution in [0.1, 0.15) is 89.1 Å². The molecule has 0 spiro atoms. The van der Waals surface area contributed by atoms with E-state index in [0.29, 0.717) is 29.7 Å². The van der Waals surface area contributed by atoms with Gasteiger partial charge in [-0.25, -0.2) is 4.98 Å². The number of hydrogen-bond donors (Lipinski definition) is 3. The molecule has 3 N–H and O–H groups in total. The number of amides is 6. The first-order valence-corrected chi connectivity index (χ1v) is 20.7. The van der Waals surface area contributed by atoms with Crippen molar-refractivity contribution >= 4 is 63.3 Å². The predicted octanol–water partition coefficient (Wildman–Crippen LogP) is 6.30. The van der Waals surface area contributed by atoms with Crippen molar-refractivity contribution in [1.29, 1.82) is 0 Å². The highest BCUT2D eigenvalue weighted by Crippen LogP contribution is 2.39. The Morgan fingerprint density at radius 3 is 2.55 bits per heavy atom. The molecule has 0 radical (unpaired) electrons. The zero-order valence-electron chi connectivity index (χ0n) is 32.8. The van der Waals surface area contributed by atoms with E-state index in [9.17, 15) is 28.8 Å². The van der Waals surface area contributed by atoms with Crippen molar-refractivity contribution in [3.05, 3.63) is 87.8 Å². The Labute approximate surface area is 340 Å². The van der Waals surface area contributed by atoms with E-state index < -0.39 is 29.7 Å². The lowest BCUT2D eigenvalue weighted by Crippen LogP contribution is -2.54. The van der Waals surface area contributed by atoms with Crippen LogP contribution >= 0.6 is 11.3 Å². The summed E-state index contributed by atoms with van der Waals surface area (Å²) in [4.78, 5) is 84.6. The lowest BCUT2D eigenvalue weighted by Gasteiger charge is -2.27. The Balaban J connectivity index is 0.791. The second-order valence-corrected chi connectivity index (χ2v) is 17.5. The maximum atomic E-state index is 13.2. The van der Waals surface area contributed by atoms with Crippen molar-refractivity contribution in [2.75, 3.05) is 35.2 Å². The smallest absolute Gasteiger partial charge is 0.262 e. The minimum Gasteiger partial charge on any atom is -0.494 e. The molecule has 3 aromatic carbocycles. The number of carbonyl (C=O) groups is 6. The number of thiazole rings is 1. The van der Waals surface area contributed by atoms with Gasteiger partial charge in [0.2, 0.25) is 23.6 Å². The van der Waals surface area contributed by atoms with Gasteiger partial charge in [-0.15, -0.1) is 11.3 Å². The molecule has 1 aromatic heterocycles. The number of aromatic nitrogens is 1. The summed E-state index contributed by atoms with van der Waals surface area (Å²) in [6, 6.07) is 17.7. The van der Waals surface area contributed by atoms with Gasteiger partial charge in [-0.05, 0) is 104 Å². The zero-order chi connectivity index (χ0) is 40.7. The van der Waals surface area contributed by atoms with Gasteiger partial charge in [-0.2, -0.15) is 0 Å². The number of anilines is 3. The van der Waals surface area contributed by atoms with E-state index in [2.05, 4.69) is 35.9 Å². The molecule has 6 amide bonds. The monoisotopic (exact) mass is 802 g/mol. The van der Waals surface area contributed by atoms with Crippen LogP contribution in [0.15, 0.2) is 60.7 Å². The van der Waals surface area contributed by atoms with Crippen molar-refractivity contribution in [3.8, 4) is 17.0 Å². The molecule has 0 bridgehead atoms. The van der Waals surface area contributed by atoms with E-state index in [1.54, 1.807) is 18.2 Å². The number of benzene rings is 3. The Bertz CT molecular complexity index is 2350. The van der Waals surface area contributed by atoms with E-state index in [0.717, 1.165) is 76.5 Å². The Morgan fingerprint density at radius 1 is 0.948 bits per heavy atom. The van der Waals surface area contributed by atoms with Gasteiger partial charge in [0.1, 0.15) is 11.8 Å². The highest BCUT2D eigenvalue weighted by Gasteiger charge is 2.44. The minimum atomic E-state index is -1.000. The molecule has 4 heterocycles. The second-order valence-electron chi connectivity index (χ2n) is 16.3. The molecule has 58 heavy (non-hydrogen) atoms. The maximum Gasteiger partial charge on any atom is 0.262 e. The SMILES string of the molecule is Cc1sc(NC(=O)Cc2cccc(OCCC(C)(C)CCNc3ccc4c(c3)C(=O)N(C3CCC(=O)NC3=O)C4=O)c2)nc1-c1ccc2c(c1)CCN2C(=O)C1CC1. The molecule has 1 unspecified atom stereocenters. The van der Waals surface area contributed by atoms with Gasteiger partial charge >= 0.3 is 0 Å². The van der Waals surface area contributed by atoms with Gasteiger partial charge in [0.05, 0.1) is 29.8 Å². The van der Waals surface area contributed by atoms with Crippen LogP contribution in [0.5, 0.6) is 5.75 Å². The van der Waals surface area contributed by atoms with Crippen LogP contribution in [0, 0.1) is 18.3 Å². The summed E-state index contributed by atoms with van der Waals surface area (Å²) >= 11 is 1.44. The van der Waals surface area contributed by atoms with E-state index in [4.69, 9.17) is 9.72 Å². The molecule has 4 aromatic rings. The number of ether oxygens (including phenoxy) is 1. The Morgan fingerprint density at radius 2 is 1.76 bits per heavy atom. The quantitative estimate of drug-likeness (QED) is 0.124. The summed E-state index contributed by atoms with van der Waals surface area (Å²) in [6.07, 6.45) is 4.73. The number of nitrogens with zero attached hydrogens (tertiary/aromatic N) is 3. The molecular formula is C44H46N6O7S. The molecule has 1 aliphatic carbocycles. The standard InChI is InChI=1S/C44H46N6O7S/c1-25-38(29-9-12-34-28(23-29)15-19-49(34)40(54)27-7-8-27)48-43(58-25)47-37(52)22-26-5-4-6-31(21-26)57-20-17-44(2,3)16-18-45-30-10-11-32-33(24-30)42(56)50(41(32)55)35-13-14-36(51)46-39(35)53/h4-6,9-12,21,23-24,27,35,45H,7-8,13-20,22H2,1-3H3,(H,46,51,53)(H,47,48,52). The van der Waals surface area contributed by atoms with E-state index in [-0.39, 0.29) is 53.5 Å². The number of hydrogen-bond acceptors (Lipinski definition) is 10. The third-order valence-corrected chi connectivity index (χ3v) is 12.3. The van der Waals surface area contributed by atoms with E-state index in [1.807, 2.05) is 48.2 Å². The van der Waals surface area contributed by atoms with Crippen molar-refractivity contribution in [1.82, 2.24) is 15.2 Å². The first-order valence-electron chi connectivity index (χ1n) is 19.9. The molecular weight excluding hydrogens is 757 g/mol. The normalized spacial score (nSPS) is 17.6. The largest absolute Gasteiger partial charge is 0.494 e. The number of imide groups is 2. The zero-order valence-corrected chi connectivity index (χ0v) is 33.6. The first kappa shape index (κ1) is 39.0. The molecule has 1 saturated heterocycles. The van der Waals surface area contributed by atoms with Crippen molar-refractivity contribution in [2.24, 2.45) is 11.3 Å². The molecule has 300 valence electrons. The molecule has 8 rings (SSSR count). The molecule has 1 atom stereocenters. The van der Waals surface area contributed by atoms with Crippen LogP contribution in [0.3, 0.4) is 0 Å². The minimum absolute atomic E-state index is 0.0715. The van der Waals surface area contributed by atoms with Crippen LogP contribution in [0.2, 0.25) is 0 Å². The fraction of sp³-hybridized carbons (Fsp3) is 0.386. The Kier molecular flexibility index (Phi) is 10.6. The average Bonchev–Trinajstić information content (AvgIpc) is 3.78. The van der Waals surface area contributed by atoms with Crippen LogP contribution < -0.4 is 25.6 Å². The third-order valence-electron chi connectivity index (χ3n) is 11.4. The van der Waals surface area contributed by atoms with Crippen molar-refractivity contribution in [2.45, 2.75) is 78.2 Å². The highest BCUT2D eigenvalue weighted by atomic mass is 32.1. The number of rotatable bonds is 14. The van der Waals surface area contributed by atoms with Crippen LogP contribution in [0.25, 0.3) is 11.3 Å². The van der Waals surface area contributed by atoms with Gasteiger partial charge in [0.25, 0.3) is 11.8 Å². The summed E-state index contributed by atoms with van der Waals surface area (Å²) in [5, 5.41) is 9.09. The van der Waals surface area contributed by atoms with Gasteiger partial charge in [-0.3, -0.25) is 39.0 Å². The first-order chi connectivity index (χ1) is 27.8. The molecule has 4 aliphatic rings. The lowest BCUT2D eigenvalue weighted by molar-refractivity contribution is -0.136. The van der Waals surface area contributed by atoms with E-state index in [1.165, 1.54) is 11.3 Å². The Hall–Kier alpha value is -5.89. The highest BCUT2D eigenvalue weighted by molar-refractivity contribution is 7.16. The van der Waals surface area contributed by atoms with Crippen LogP contribution in [-0.4, -0.2) is 71.1 Å². The number of nitrogens with one attached hydrogen (secondary N) is 3. The summed E-state index contributed by atoms with van der Waals surface area (Å²) in [5.41, 5.74) is 5.88. The molecule has 1 saturated carbocycles. The maximum absolute atomic E-state index is 13.2. The van der Waals surface area contributed by atoms with Crippen LogP contribution in [0.4, 0.5) is 16.5 Å². The second kappa shape index (κ2) is 15.8.